The van der Waals surface area contributed by atoms with Crippen LogP contribution < -0.4 is 10.2 Å². The maximum atomic E-state index is 13.1. The number of ether oxygens (including phenoxy) is 1. The number of nitrogens with one attached hydrogen (secondary N) is 1. The van der Waals surface area contributed by atoms with Crippen LogP contribution in [0.15, 0.2) is 18.2 Å². The number of carbonyl (C=O) groups is 1. The smallest absolute Gasteiger partial charge is 0.266 e. The highest BCUT2D eigenvalue weighted by Crippen LogP contribution is 2.36. The molecule has 28 heavy (non-hydrogen) atoms. The van der Waals surface area contributed by atoms with Gasteiger partial charge in [0.15, 0.2) is 0 Å². The Morgan fingerprint density at radius 1 is 1.21 bits per heavy atom. The zero-order valence-corrected chi connectivity index (χ0v) is 17.6. The highest BCUT2D eigenvalue weighted by Gasteiger charge is 2.22. The fourth-order valence-electron chi connectivity index (χ4n) is 3.59. The predicted molar refractivity (Wildman–Crippen MR) is 114 cm³/mol. The van der Waals surface area contributed by atoms with Crippen LogP contribution in [0.2, 0.25) is 5.02 Å². The molecule has 0 atom stereocenters. The molecule has 0 radical (unpaired) electrons. The lowest BCUT2D eigenvalue weighted by molar-refractivity contribution is 0.103. The Balaban J connectivity index is 1.70. The molecule has 1 aliphatic heterocycles. The van der Waals surface area contributed by atoms with Gasteiger partial charge in [-0.1, -0.05) is 17.7 Å². The second-order valence-electron chi connectivity index (χ2n) is 6.78. The van der Waals surface area contributed by atoms with E-state index in [1.807, 2.05) is 39.0 Å². The van der Waals surface area contributed by atoms with Gasteiger partial charge in [-0.3, -0.25) is 4.79 Å². The number of hydrogen-bond donors (Lipinski definition) is 1. The van der Waals surface area contributed by atoms with Gasteiger partial charge in [0.1, 0.15) is 10.7 Å². The number of nitrogens with zero attached hydrogens (tertiary/aromatic N) is 3. The van der Waals surface area contributed by atoms with Crippen molar-refractivity contribution < 1.29 is 9.53 Å². The number of anilines is 2. The van der Waals surface area contributed by atoms with Crippen LogP contribution in [-0.4, -0.2) is 42.2 Å². The lowest BCUT2D eigenvalue weighted by Crippen LogP contribution is -2.37. The number of aromatic nitrogens is 2. The average Bonchev–Trinajstić information content (AvgIpc) is 2.99. The molecule has 1 aliphatic rings. The van der Waals surface area contributed by atoms with Crippen molar-refractivity contribution in [2.75, 3.05) is 36.5 Å². The maximum absolute atomic E-state index is 13.1. The van der Waals surface area contributed by atoms with Gasteiger partial charge in [0.2, 0.25) is 0 Å². The fourth-order valence-corrected chi connectivity index (χ4v) is 5.06. The molecule has 8 heteroatoms. The Labute approximate surface area is 172 Å². The molecule has 3 heterocycles. The number of carbonyl (C=O) groups excluding carboxylic acids is 1. The summed E-state index contributed by atoms with van der Waals surface area (Å²) in [5.74, 6) is 0.553. The molecule has 1 saturated heterocycles. The van der Waals surface area contributed by atoms with E-state index in [2.05, 4.69) is 20.2 Å². The van der Waals surface area contributed by atoms with Crippen LogP contribution in [-0.2, 0) is 4.74 Å². The topological polar surface area (TPSA) is 67.4 Å². The van der Waals surface area contributed by atoms with Crippen LogP contribution in [0.3, 0.4) is 0 Å². The molecule has 1 aromatic carbocycles. The molecule has 3 aromatic rings. The normalized spacial score (nSPS) is 14.5. The number of fused-ring (bicyclic) bond motifs is 1. The molecule has 146 valence electrons. The first kappa shape index (κ1) is 19.1. The summed E-state index contributed by atoms with van der Waals surface area (Å²) in [6, 6.07) is 5.57. The lowest BCUT2D eigenvalue weighted by atomic mass is 10.1. The van der Waals surface area contributed by atoms with Crippen molar-refractivity contribution in [1.82, 2.24) is 9.97 Å². The minimum absolute atomic E-state index is 0.158. The number of benzene rings is 1. The van der Waals surface area contributed by atoms with E-state index in [1.165, 1.54) is 11.3 Å². The van der Waals surface area contributed by atoms with Gasteiger partial charge in [-0.25, -0.2) is 9.97 Å². The second-order valence-corrected chi connectivity index (χ2v) is 8.19. The van der Waals surface area contributed by atoms with Crippen molar-refractivity contribution in [1.29, 1.82) is 0 Å². The number of hydrogen-bond acceptors (Lipinski definition) is 6. The van der Waals surface area contributed by atoms with Gasteiger partial charge < -0.3 is 15.0 Å². The third kappa shape index (κ3) is 3.45. The third-order valence-corrected chi connectivity index (χ3v) is 6.34. The Hall–Kier alpha value is -2.22. The van der Waals surface area contributed by atoms with Crippen LogP contribution in [0.1, 0.15) is 26.8 Å². The lowest BCUT2D eigenvalue weighted by Gasteiger charge is -2.31. The highest BCUT2D eigenvalue weighted by molar-refractivity contribution is 7.20. The van der Waals surface area contributed by atoms with Gasteiger partial charge in [0.05, 0.1) is 34.5 Å². The Bertz CT molecular complexity index is 1060. The Morgan fingerprint density at radius 3 is 2.71 bits per heavy atom. The molecular formula is C20H21ClN4O2S. The van der Waals surface area contributed by atoms with Gasteiger partial charge in [0.25, 0.3) is 5.91 Å². The molecular weight excluding hydrogens is 396 g/mol. The van der Waals surface area contributed by atoms with Crippen molar-refractivity contribution in [3.05, 3.63) is 45.2 Å². The SMILES string of the molecule is Cc1nc(C)c2c(C)c(C(=O)Nc3cccc(Cl)c3N3CCOCC3)sc2n1. The first-order valence-corrected chi connectivity index (χ1v) is 10.3. The molecule has 2 aromatic heterocycles. The number of morpholine rings is 1. The largest absolute Gasteiger partial charge is 0.378 e. The molecule has 1 N–H and O–H groups in total. The van der Waals surface area contributed by atoms with E-state index < -0.39 is 0 Å². The summed E-state index contributed by atoms with van der Waals surface area (Å²) in [5, 5.41) is 4.63. The number of halogens is 1. The third-order valence-electron chi connectivity index (χ3n) is 4.85. The van der Waals surface area contributed by atoms with E-state index in [-0.39, 0.29) is 5.91 Å². The van der Waals surface area contributed by atoms with E-state index in [9.17, 15) is 4.79 Å². The zero-order valence-electron chi connectivity index (χ0n) is 16.0. The van der Waals surface area contributed by atoms with Gasteiger partial charge in [-0.15, -0.1) is 11.3 Å². The first-order valence-electron chi connectivity index (χ1n) is 9.12. The monoisotopic (exact) mass is 416 g/mol. The summed E-state index contributed by atoms with van der Waals surface area (Å²) in [4.78, 5) is 25.7. The van der Waals surface area contributed by atoms with Gasteiger partial charge in [0, 0.05) is 24.2 Å². The minimum Gasteiger partial charge on any atom is -0.378 e. The minimum atomic E-state index is -0.158. The number of rotatable bonds is 3. The fraction of sp³-hybridized carbons (Fsp3) is 0.350. The summed E-state index contributed by atoms with van der Waals surface area (Å²) in [5.41, 5.74) is 3.35. The maximum Gasteiger partial charge on any atom is 0.266 e. The van der Waals surface area contributed by atoms with Crippen LogP contribution in [0.25, 0.3) is 10.2 Å². The predicted octanol–water partition coefficient (Wildman–Crippen LogP) is 4.36. The van der Waals surface area contributed by atoms with Crippen molar-refractivity contribution in [2.45, 2.75) is 20.8 Å². The Morgan fingerprint density at radius 2 is 1.96 bits per heavy atom. The average molecular weight is 417 g/mol. The molecule has 0 unspecified atom stereocenters. The summed E-state index contributed by atoms with van der Waals surface area (Å²) in [6.07, 6.45) is 0. The van der Waals surface area contributed by atoms with Crippen molar-refractivity contribution in [3.8, 4) is 0 Å². The van der Waals surface area contributed by atoms with Crippen LogP contribution >= 0.6 is 22.9 Å². The summed E-state index contributed by atoms with van der Waals surface area (Å²) in [7, 11) is 0. The summed E-state index contributed by atoms with van der Waals surface area (Å²) < 4.78 is 5.44. The molecule has 1 amide bonds. The van der Waals surface area contributed by atoms with E-state index >= 15 is 0 Å². The molecule has 1 fully saturated rings. The summed E-state index contributed by atoms with van der Waals surface area (Å²) in [6.45, 7) is 8.52. The van der Waals surface area contributed by atoms with E-state index in [0.717, 1.165) is 40.3 Å². The summed E-state index contributed by atoms with van der Waals surface area (Å²) >= 11 is 7.87. The van der Waals surface area contributed by atoms with Crippen LogP contribution in [0.5, 0.6) is 0 Å². The van der Waals surface area contributed by atoms with Crippen molar-refractivity contribution >= 4 is 50.4 Å². The quantitative estimate of drug-likeness (QED) is 0.687. The number of para-hydroxylation sites is 1. The number of amides is 1. The van der Waals surface area contributed by atoms with E-state index in [4.69, 9.17) is 16.3 Å². The first-order chi connectivity index (χ1) is 13.5. The zero-order chi connectivity index (χ0) is 19.8. The standard InChI is InChI=1S/C20H21ClN4O2S/c1-11-16-12(2)22-13(3)23-20(16)28-18(11)19(26)24-15-6-4-5-14(21)17(15)25-7-9-27-10-8-25/h4-6H,7-10H2,1-3H3,(H,24,26). The van der Waals surface area contributed by atoms with Gasteiger partial charge in [-0.2, -0.15) is 0 Å². The highest BCUT2D eigenvalue weighted by atomic mass is 35.5. The van der Waals surface area contributed by atoms with Crippen molar-refractivity contribution in [3.63, 3.8) is 0 Å². The van der Waals surface area contributed by atoms with E-state index in [1.54, 1.807) is 0 Å². The molecule has 6 nitrogen and oxygen atoms in total. The van der Waals surface area contributed by atoms with Gasteiger partial charge in [-0.05, 0) is 38.5 Å². The Kier molecular flexibility index (Phi) is 5.23. The molecule has 4 rings (SSSR count). The molecule has 0 spiro atoms. The van der Waals surface area contributed by atoms with Gasteiger partial charge >= 0.3 is 0 Å². The molecule has 0 bridgehead atoms. The van der Waals surface area contributed by atoms with Crippen LogP contribution in [0.4, 0.5) is 11.4 Å². The number of aryl methyl sites for hydroxylation is 3. The molecule has 0 saturated carbocycles. The van der Waals surface area contributed by atoms with E-state index in [0.29, 0.717) is 34.6 Å². The second kappa shape index (κ2) is 7.66. The van der Waals surface area contributed by atoms with Crippen molar-refractivity contribution in [2.24, 2.45) is 0 Å². The van der Waals surface area contributed by atoms with Crippen LogP contribution in [0, 0.1) is 20.8 Å². The molecule has 0 aliphatic carbocycles. The number of thiophene rings is 1.